The predicted molar refractivity (Wildman–Crippen MR) is 112 cm³/mol. The van der Waals surface area contributed by atoms with Gasteiger partial charge in [-0.15, -0.1) is 0 Å². The van der Waals surface area contributed by atoms with E-state index in [2.05, 4.69) is 39.4 Å². The van der Waals surface area contributed by atoms with E-state index in [4.69, 9.17) is 10.3 Å². The highest BCUT2D eigenvalue weighted by molar-refractivity contribution is 6.05. The summed E-state index contributed by atoms with van der Waals surface area (Å²) in [6, 6.07) is 21.6. The SMILES string of the molecule is COc1ccc([C@@H]2CC(c3ccc4ccccc4c3)=NN2C(=O)CN=[N+]=[N-])cc1. The van der Waals surface area contributed by atoms with Crippen LogP contribution in [0.5, 0.6) is 5.75 Å². The molecule has 1 atom stereocenters. The smallest absolute Gasteiger partial charge is 0.249 e. The highest BCUT2D eigenvalue weighted by atomic mass is 16.5. The molecule has 0 aromatic heterocycles. The number of amides is 1. The van der Waals surface area contributed by atoms with Crippen LogP contribution < -0.4 is 4.74 Å². The lowest BCUT2D eigenvalue weighted by Gasteiger charge is -2.21. The molecule has 4 rings (SSSR count). The summed E-state index contributed by atoms with van der Waals surface area (Å²) < 4.78 is 5.23. The molecule has 3 aromatic rings. The summed E-state index contributed by atoms with van der Waals surface area (Å²) in [6.45, 7) is -0.266. The average molecular weight is 385 g/mol. The molecule has 1 aliphatic rings. The number of nitrogens with zero attached hydrogens (tertiary/aromatic N) is 5. The largest absolute Gasteiger partial charge is 0.497 e. The molecule has 1 amide bonds. The summed E-state index contributed by atoms with van der Waals surface area (Å²) in [7, 11) is 1.61. The van der Waals surface area contributed by atoms with Gasteiger partial charge in [0.15, 0.2) is 0 Å². The summed E-state index contributed by atoms with van der Waals surface area (Å²) in [5.74, 6) is 0.411. The number of fused-ring (bicyclic) bond motifs is 1. The van der Waals surface area contributed by atoms with E-state index in [1.807, 2.05) is 42.5 Å². The molecule has 1 aliphatic heterocycles. The van der Waals surface area contributed by atoms with Crippen molar-refractivity contribution in [3.05, 3.63) is 88.3 Å². The zero-order chi connectivity index (χ0) is 20.2. The predicted octanol–water partition coefficient (Wildman–Crippen LogP) is 4.84. The quantitative estimate of drug-likeness (QED) is 0.357. The molecule has 0 radical (unpaired) electrons. The minimum atomic E-state index is -0.334. The Morgan fingerprint density at radius 3 is 2.66 bits per heavy atom. The van der Waals surface area contributed by atoms with Gasteiger partial charge in [0.05, 0.1) is 18.9 Å². The van der Waals surface area contributed by atoms with Gasteiger partial charge in [-0.25, -0.2) is 5.01 Å². The molecular formula is C22H19N5O2. The van der Waals surface area contributed by atoms with Crippen molar-refractivity contribution in [2.24, 2.45) is 10.2 Å². The molecule has 0 saturated carbocycles. The van der Waals surface area contributed by atoms with Crippen molar-refractivity contribution in [1.29, 1.82) is 0 Å². The number of azide groups is 1. The van der Waals surface area contributed by atoms with Gasteiger partial charge in [0.2, 0.25) is 5.91 Å². The van der Waals surface area contributed by atoms with Crippen molar-refractivity contribution >= 4 is 22.4 Å². The Morgan fingerprint density at radius 1 is 1.17 bits per heavy atom. The first-order chi connectivity index (χ1) is 14.2. The average Bonchev–Trinajstić information content (AvgIpc) is 3.23. The number of benzene rings is 3. The van der Waals surface area contributed by atoms with Crippen molar-refractivity contribution in [1.82, 2.24) is 5.01 Å². The Morgan fingerprint density at radius 2 is 1.93 bits per heavy atom. The Kier molecular flexibility index (Phi) is 5.14. The van der Waals surface area contributed by atoms with Crippen LogP contribution in [0.3, 0.4) is 0 Å². The van der Waals surface area contributed by atoms with E-state index >= 15 is 0 Å². The lowest BCUT2D eigenvalue weighted by Crippen LogP contribution is -2.28. The molecular weight excluding hydrogens is 366 g/mol. The fourth-order valence-corrected chi connectivity index (χ4v) is 3.53. The third kappa shape index (κ3) is 3.77. The van der Waals surface area contributed by atoms with Crippen LogP contribution in [0.15, 0.2) is 76.9 Å². The first kappa shape index (κ1) is 18.5. The lowest BCUT2D eigenvalue weighted by atomic mass is 9.97. The maximum absolute atomic E-state index is 12.6. The molecule has 3 aromatic carbocycles. The maximum atomic E-state index is 12.6. The first-order valence-electron chi connectivity index (χ1n) is 9.23. The molecule has 0 unspecified atom stereocenters. The summed E-state index contributed by atoms with van der Waals surface area (Å²) >= 11 is 0. The van der Waals surface area contributed by atoms with Crippen molar-refractivity contribution in [2.75, 3.05) is 13.7 Å². The Bertz CT molecular complexity index is 1130. The van der Waals surface area contributed by atoms with E-state index < -0.39 is 0 Å². The van der Waals surface area contributed by atoms with Gasteiger partial charge in [-0.05, 0) is 45.6 Å². The third-order valence-corrected chi connectivity index (χ3v) is 5.02. The van der Waals surface area contributed by atoms with Crippen LogP contribution in [0.2, 0.25) is 0 Å². The molecule has 144 valence electrons. The molecule has 0 N–H and O–H groups in total. The number of rotatable bonds is 5. The minimum Gasteiger partial charge on any atom is -0.497 e. The van der Waals surface area contributed by atoms with E-state index in [1.54, 1.807) is 7.11 Å². The molecule has 29 heavy (non-hydrogen) atoms. The number of carbonyl (C=O) groups is 1. The molecule has 0 fully saturated rings. The number of hydrogen-bond acceptors (Lipinski definition) is 4. The van der Waals surface area contributed by atoms with Gasteiger partial charge >= 0.3 is 0 Å². The first-order valence-corrected chi connectivity index (χ1v) is 9.23. The number of ether oxygens (including phenoxy) is 1. The molecule has 0 spiro atoms. The van der Waals surface area contributed by atoms with E-state index in [0.717, 1.165) is 33.4 Å². The standard InChI is InChI=1S/C22H19N5O2/c1-29-19-10-8-16(9-11-19)21-13-20(25-27(21)22(28)14-24-26-23)18-7-6-15-4-2-3-5-17(15)12-18/h2-12,21H,13-14H2,1H3/t21-/m0/s1. The molecule has 0 bridgehead atoms. The van der Waals surface area contributed by atoms with Crippen molar-refractivity contribution in [3.8, 4) is 5.75 Å². The van der Waals surface area contributed by atoms with E-state index in [1.165, 1.54) is 5.01 Å². The highest BCUT2D eigenvalue weighted by Crippen LogP contribution is 2.34. The topological polar surface area (TPSA) is 90.7 Å². The Hall–Kier alpha value is -3.83. The van der Waals surface area contributed by atoms with Crippen LogP contribution in [-0.4, -0.2) is 30.3 Å². The fraction of sp³-hybridized carbons (Fsp3) is 0.182. The van der Waals surface area contributed by atoms with Gasteiger partial charge in [-0.3, -0.25) is 4.79 Å². The zero-order valence-electron chi connectivity index (χ0n) is 15.9. The number of hydrazone groups is 1. The Balaban J connectivity index is 1.70. The molecule has 0 aliphatic carbocycles. The molecule has 0 saturated heterocycles. The zero-order valence-corrected chi connectivity index (χ0v) is 15.9. The summed E-state index contributed by atoms with van der Waals surface area (Å²) in [5.41, 5.74) is 11.3. The van der Waals surface area contributed by atoms with Gasteiger partial charge in [0.25, 0.3) is 0 Å². The third-order valence-electron chi connectivity index (χ3n) is 5.02. The fourth-order valence-electron chi connectivity index (χ4n) is 3.53. The van der Waals surface area contributed by atoms with Crippen LogP contribution in [0.4, 0.5) is 0 Å². The van der Waals surface area contributed by atoms with Crippen molar-refractivity contribution < 1.29 is 9.53 Å². The molecule has 7 nitrogen and oxygen atoms in total. The van der Waals surface area contributed by atoms with Gasteiger partial charge in [0, 0.05) is 11.3 Å². The Labute approximate surface area is 167 Å². The van der Waals surface area contributed by atoms with Crippen molar-refractivity contribution in [2.45, 2.75) is 12.5 Å². The van der Waals surface area contributed by atoms with Crippen LogP contribution in [0.1, 0.15) is 23.6 Å². The second kappa shape index (κ2) is 8.04. The van der Waals surface area contributed by atoms with Crippen LogP contribution >= 0.6 is 0 Å². The van der Waals surface area contributed by atoms with Gasteiger partial charge in [-0.2, -0.15) is 5.10 Å². The van der Waals surface area contributed by atoms with Gasteiger partial charge in [0.1, 0.15) is 12.3 Å². The summed E-state index contributed by atoms with van der Waals surface area (Å²) in [5, 5.41) is 11.7. The molecule has 1 heterocycles. The van der Waals surface area contributed by atoms with Crippen molar-refractivity contribution in [3.63, 3.8) is 0 Å². The maximum Gasteiger partial charge on any atom is 0.249 e. The van der Waals surface area contributed by atoms with Crippen LogP contribution in [0.25, 0.3) is 21.2 Å². The van der Waals surface area contributed by atoms with Gasteiger partial charge < -0.3 is 4.74 Å². The van der Waals surface area contributed by atoms with Crippen LogP contribution in [0, 0.1) is 0 Å². The normalized spacial score (nSPS) is 15.7. The van der Waals surface area contributed by atoms with Crippen LogP contribution in [-0.2, 0) is 4.79 Å². The van der Waals surface area contributed by atoms with E-state index in [-0.39, 0.29) is 18.5 Å². The minimum absolute atomic E-state index is 0.260. The second-order valence-corrected chi connectivity index (χ2v) is 6.73. The monoisotopic (exact) mass is 385 g/mol. The van der Waals surface area contributed by atoms with E-state index in [9.17, 15) is 4.79 Å². The number of carbonyl (C=O) groups excluding carboxylic acids is 1. The summed E-state index contributed by atoms with van der Waals surface area (Å²) in [4.78, 5) is 15.3. The molecule has 7 heteroatoms. The summed E-state index contributed by atoms with van der Waals surface area (Å²) in [6.07, 6.45) is 0.576. The highest BCUT2D eigenvalue weighted by Gasteiger charge is 2.32. The van der Waals surface area contributed by atoms with E-state index in [0.29, 0.717) is 6.42 Å². The lowest BCUT2D eigenvalue weighted by molar-refractivity contribution is -0.131. The second-order valence-electron chi connectivity index (χ2n) is 6.73. The number of methoxy groups -OCH3 is 1. The number of hydrogen-bond donors (Lipinski definition) is 0. The van der Waals surface area contributed by atoms with Gasteiger partial charge in [-0.1, -0.05) is 53.6 Å².